The van der Waals surface area contributed by atoms with Crippen molar-refractivity contribution in [1.82, 2.24) is 14.5 Å². The minimum absolute atomic E-state index is 0.716. The lowest BCUT2D eigenvalue weighted by Gasteiger charge is -2.10. The topological polar surface area (TPSA) is 56.7 Å². The van der Waals surface area contributed by atoms with Gasteiger partial charge in [0.2, 0.25) is 0 Å². The van der Waals surface area contributed by atoms with E-state index in [1.165, 1.54) is 11.1 Å². The van der Waals surface area contributed by atoms with Gasteiger partial charge in [-0.2, -0.15) is 0 Å². The normalized spacial score (nSPS) is 10.7. The van der Waals surface area contributed by atoms with Crippen molar-refractivity contribution in [2.24, 2.45) is 0 Å². The molecule has 0 saturated carbocycles. The highest BCUT2D eigenvalue weighted by Gasteiger charge is 2.09. The van der Waals surface area contributed by atoms with Crippen LogP contribution in [0.4, 0.5) is 5.69 Å². The quantitative estimate of drug-likeness (QED) is 0.797. The highest BCUT2D eigenvalue weighted by atomic mass is 15.0. The first-order valence-corrected chi connectivity index (χ1v) is 7.05. The third-order valence-corrected chi connectivity index (χ3v) is 3.63. The molecule has 2 aromatic heterocycles. The lowest BCUT2D eigenvalue weighted by molar-refractivity contribution is 0.804. The van der Waals surface area contributed by atoms with Crippen molar-refractivity contribution in [2.75, 3.05) is 5.73 Å². The third kappa shape index (κ3) is 2.79. The van der Waals surface area contributed by atoms with Crippen LogP contribution in [0.15, 0.2) is 55.2 Å². The smallest absolute Gasteiger partial charge is 0.0954 e. The first-order valence-electron chi connectivity index (χ1n) is 7.05. The van der Waals surface area contributed by atoms with E-state index in [-0.39, 0.29) is 0 Å². The molecule has 3 aromatic rings. The maximum atomic E-state index is 6.03. The predicted molar refractivity (Wildman–Crippen MR) is 84.8 cm³/mol. The number of hydrogen-bond donors (Lipinski definition) is 1. The van der Waals surface area contributed by atoms with Gasteiger partial charge in [-0.15, -0.1) is 0 Å². The van der Waals surface area contributed by atoms with E-state index >= 15 is 0 Å². The third-order valence-electron chi connectivity index (χ3n) is 3.63. The van der Waals surface area contributed by atoms with Crippen LogP contribution in [0.5, 0.6) is 0 Å². The van der Waals surface area contributed by atoms with Crippen molar-refractivity contribution < 1.29 is 0 Å². The molecule has 0 aliphatic rings. The van der Waals surface area contributed by atoms with E-state index in [0.29, 0.717) is 5.69 Å². The van der Waals surface area contributed by atoms with Gasteiger partial charge in [-0.05, 0) is 23.6 Å². The zero-order valence-corrected chi connectivity index (χ0v) is 12.0. The van der Waals surface area contributed by atoms with Gasteiger partial charge in [0, 0.05) is 30.2 Å². The van der Waals surface area contributed by atoms with E-state index in [4.69, 9.17) is 5.73 Å². The molecule has 2 N–H and O–H groups in total. The fraction of sp³-hybridized carbons (Fsp3) is 0.176. The number of hydrogen-bond acceptors (Lipinski definition) is 3. The molecule has 0 fully saturated rings. The monoisotopic (exact) mass is 278 g/mol. The van der Waals surface area contributed by atoms with E-state index in [9.17, 15) is 0 Å². The number of benzene rings is 1. The Kier molecular flexibility index (Phi) is 3.69. The summed E-state index contributed by atoms with van der Waals surface area (Å²) in [6, 6.07) is 10.5. The van der Waals surface area contributed by atoms with E-state index in [2.05, 4.69) is 45.7 Å². The molecule has 4 heteroatoms. The minimum atomic E-state index is 0.716. The Hall–Kier alpha value is -2.62. The van der Waals surface area contributed by atoms with E-state index in [1.54, 1.807) is 12.4 Å². The molecule has 21 heavy (non-hydrogen) atoms. The Balaban J connectivity index is 1.90. The van der Waals surface area contributed by atoms with E-state index in [1.807, 2.05) is 18.6 Å². The van der Waals surface area contributed by atoms with Gasteiger partial charge in [0.25, 0.3) is 0 Å². The summed E-state index contributed by atoms with van der Waals surface area (Å²) in [5.74, 6) is 0. The van der Waals surface area contributed by atoms with Crippen LogP contribution in [0.1, 0.15) is 18.1 Å². The Bertz CT molecular complexity index is 729. The summed E-state index contributed by atoms with van der Waals surface area (Å²) in [5, 5.41) is 0. The number of anilines is 1. The van der Waals surface area contributed by atoms with E-state index in [0.717, 1.165) is 24.2 Å². The summed E-state index contributed by atoms with van der Waals surface area (Å²) in [4.78, 5) is 8.40. The number of nitrogens with two attached hydrogens (primary N) is 1. The van der Waals surface area contributed by atoms with Gasteiger partial charge in [0.05, 0.1) is 18.2 Å². The predicted octanol–water partition coefficient (Wildman–Crippen LogP) is 3.14. The van der Waals surface area contributed by atoms with Gasteiger partial charge in [0.15, 0.2) is 0 Å². The molecule has 0 atom stereocenters. The van der Waals surface area contributed by atoms with Crippen LogP contribution in [0.3, 0.4) is 0 Å². The fourth-order valence-corrected chi connectivity index (χ4v) is 2.37. The van der Waals surface area contributed by atoms with Crippen LogP contribution in [0, 0.1) is 0 Å². The summed E-state index contributed by atoms with van der Waals surface area (Å²) >= 11 is 0. The molecule has 0 bridgehead atoms. The number of nitrogen functional groups attached to an aromatic ring is 1. The number of aryl methyl sites for hydroxylation is 1. The van der Waals surface area contributed by atoms with Crippen LogP contribution in [0.2, 0.25) is 0 Å². The maximum absolute atomic E-state index is 6.03. The average Bonchev–Trinajstić information content (AvgIpc) is 2.96. The second-order valence-corrected chi connectivity index (χ2v) is 5.04. The van der Waals surface area contributed by atoms with Crippen LogP contribution in [0.25, 0.3) is 11.3 Å². The lowest BCUT2D eigenvalue weighted by Crippen LogP contribution is -2.02. The van der Waals surface area contributed by atoms with Gasteiger partial charge in [-0.25, -0.2) is 4.98 Å². The van der Waals surface area contributed by atoms with Gasteiger partial charge in [0.1, 0.15) is 0 Å². The van der Waals surface area contributed by atoms with Gasteiger partial charge in [-0.3, -0.25) is 4.98 Å². The summed E-state index contributed by atoms with van der Waals surface area (Å²) in [6.45, 7) is 2.93. The minimum Gasteiger partial charge on any atom is -0.398 e. The summed E-state index contributed by atoms with van der Waals surface area (Å²) in [6.07, 6.45) is 8.19. The maximum Gasteiger partial charge on any atom is 0.0954 e. The van der Waals surface area contributed by atoms with Crippen LogP contribution in [-0.4, -0.2) is 14.5 Å². The molecule has 0 aliphatic heterocycles. The highest BCUT2D eigenvalue weighted by Crippen LogP contribution is 2.24. The molecule has 0 aliphatic carbocycles. The standard InChI is InChI=1S/C17H18N4/c1-2-13-3-5-14(6-4-13)11-21-12-20-10-17(21)15-9-19-8-7-16(15)18/h3-10,12H,2,11H2,1H3,(H2,18,19). The van der Waals surface area contributed by atoms with Gasteiger partial charge >= 0.3 is 0 Å². The molecule has 1 aromatic carbocycles. The Morgan fingerprint density at radius 1 is 1.00 bits per heavy atom. The van der Waals surface area contributed by atoms with Gasteiger partial charge < -0.3 is 10.3 Å². The van der Waals surface area contributed by atoms with Crippen LogP contribution < -0.4 is 5.73 Å². The Morgan fingerprint density at radius 3 is 2.48 bits per heavy atom. The molecule has 0 radical (unpaired) electrons. The second kappa shape index (κ2) is 5.79. The molecular weight excluding hydrogens is 260 g/mol. The van der Waals surface area contributed by atoms with Crippen molar-refractivity contribution in [1.29, 1.82) is 0 Å². The molecule has 4 nitrogen and oxygen atoms in total. The number of nitrogens with zero attached hydrogens (tertiary/aromatic N) is 3. The molecule has 2 heterocycles. The molecule has 0 unspecified atom stereocenters. The van der Waals surface area contributed by atoms with Crippen molar-refractivity contribution >= 4 is 5.69 Å². The molecule has 0 spiro atoms. The first-order chi connectivity index (χ1) is 10.3. The Labute approximate surface area is 124 Å². The fourth-order valence-electron chi connectivity index (χ4n) is 2.37. The summed E-state index contributed by atoms with van der Waals surface area (Å²) < 4.78 is 2.09. The molecule has 0 saturated heterocycles. The summed E-state index contributed by atoms with van der Waals surface area (Å²) in [7, 11) is 0. The van der Waals surface area contributed by atoms with Crippen molar-refractivity contribution in [2.45, 2.75) is 19.9 Å². The second-order valence-electron chi connectivity index (χ2n) is 5.04. The number of aromatic nitrogens is 3. The van der Waals surface area contributed by atoms with E-state index < -0.39 is 0 Å². The van der Waals surface area contributed by atoms with Crippen molar-refractivity contribution in [3.05, 3.63) is 66.4 Å². The highest BCUT2D eigenvalue weighted by molar-refractivity contribution is 5.72. The average molecular weight is 278 g/mol. The SMILES string of the molecule is CCc1ccc(Cn2cncc2-c2cnccc2N)cc1. The Morgan fingerprint density at radius 2 is 1.76 bits per heavy atom. The van der Waals surface area contributed by atoms with Crippen molar-refractivity contribution in [3.63, 3.8) is 0 Å². The zero-order chi connectivity index (χ0) is 14.7. The zero-order valence-electron chi connectivity index (χ0n) is 12.0. The largest absolute Gasteiger partial charge is 0.398 e. The molecule has 106 valence electrons. The molecule has 3 rings (SSSR count). The lowest BCUT2D eigenvalue weighted by atomic mass is 10.1. The number of pyridine rings is 1. The summed E-state index contributed by atoms with van der Waals surface area (Å²) in [5.41, 5.74) is 11.2. The first kappa shape index (κ1) is 13.4. The van der Waals surface area contributed by atoms with Crippen molar-refractivity contribution in [3.8, 4) is 11.3 Å². The molecule has 0 amide bonds. The number of imidazole rings is 1. The van der Waals surface area contributed by atoms with Crippen LogP contribution in [-0.2, 0) is 13.0 Å². The van der Waals surface area contributed by atoms with Gasteiger partial charge in [-0.1, -0.05) is 31.2 Å². The molecular formula is C17H18N4. The number of rotatable bonds is 4. The van der Waals surface area contributed by atoms with Crippen LogP contribution >= 0.6 is 0 Å².